The molecule has 2 unspecified atom stereocenters. The minimum absolute atomic E-state index is 0.214. The van der Waals surface area contributed by atoms with Crippen molar-refractivity contribution in [3.8, 4) is 0 Å². The van der Waals surface area contributed by atoms with E-state index in [1.807, 2.05) is 20.8 Å². The molecule has 5 nitrogen and oxygen atoms in total. The van der Waals surface area contributed by atoms with E-state index in [1.165, 1.54) is 0 Å². The van der Waals surface area contributed by atoms with E-state index in [4.69, 9.17) is 4.74 Å². The van der Waals surface area contributed by atoms with E-state index < -0.39 is 16.4 Å². The first-order chi connectivity index (χ1) is 10.2. The molecule has 2 N–H and O–H groups in total. The van der Waals surface area contributed by atoms with Crippen LogP contribution in [0.2, 0.25) is 0 Å². The van der Waals surface area contributed by atoms with Crippen molar-refractivity contribution >= 4 is 16.9 Å². The number of rotatable bonds is 6. The molecule has 0 radical (unpaired) electrons. The van der Waals surface area contributed by atoms with Crippen LogP contribution in [0.15, 0.2) is 0 Å². The first-order valence-corrected chi connectivity index (χ1v) is 9.94. The second kappa shape index (κ2) is 8.87. The molecule has 1 rings (SSSR count). The Labute approximate surface area is 137 Å². The summed E-state index contributed by atoms with van der Waals surface area (Å²) in [6.45, 7) is 7.77. The summed E-state index contributed by atoms with van der Waals surface area (Å²) in [6, 6.07) is 1.10. The van der Waals surface area contributed by atoms with Gasteiger partial charge in [0.1, 0.15) is 5.60 Å². The van der Waals surface area contributed by atoms with Crippen LogP contribution in [0.4, 0.5) is 4.79 Å². The lowest BCUT2D eigenvalue weighted by Gasteiger charge is -2.32. The summed E-state index contributed by atoms with van der Waals surface area (Å²) in [5.74, 6) is 0.754. The van der Waals surface area contributed by atoms with E-state index in [1.54, 1.807) is 6.26 Å². The lowest BCUT2D eigenvalue weighted by Crippen LogP contribution is -2.45. The van der Waals surface area contributed by atoms with Crippen molar-refractivity contribution in [1.82, 2.24) is 10.6 Å². The van der Waals surface area contributed by atoms with E-state index in [-0.39, 0.29) is 12.1 Å². The molecule has 1 fully saturated rings. The lowest BCUT2D eigenvalue weighted by atomic mass is 9.90. The Bertz CT molecular complexity index is 374. The van der Waals surface area contributed by atoms with Crippen molar-refractivity contribution in [2.24, 2.45) is 0 Å². The van der Waals surface area contributed by atoms with Crippen LogP contribution in [0.3, 0.4) is 0 Å². The van der Waals surface area contributed by atoms with Crippen LogP contribution in [0, 0.1) is 0 Å². The molecule has 0 saturated heterocycles. The number of nitrogens with one attached hydrogen (secondary N) is 2. The Hall–Kier alpha value is -0.620. The van der Waals surface area contributed by atoms with Gasteiger partial charge in [0.15, 0.2) is 0 Å². The second-order valence-corrected chi connectivity index (χ2v) is 8.88. The van der Waals surface area contributed by atoms with Gasteiger partial charge >= 0.3 is 6.09 Å². The van der Waals surface area contributed by atoms with Gasteiger partial charge in [-0.1, -0.05) is 0 Å². The number of alkyl carbamates (subject to hydrolysis) is 1. The smallest absolute Gasteiger partial charge is 0.407 e. The van der Waals surface area contributed by atoms with Gasteiger partial charge in [0.05, 0.1) is 0 Å². The van der Waals surface area contributed by atoms with E-state index >= 15 is 0 Å². The van der Waals surface area contributed by atoms with Gasteiger partial charge in [-0.05, 0) is 59.8 Å². The molecule has 1 aliphatic carbocycles. The van der Waals surface area contributed by atoms with E-state index in [2.05, 4.69) is 17.6 Å². The molecule has 1 saturated carbocycles. The Balaban J connectivity index is 2.23. The summed E-state index contributed by atoms with van der Waals surface area (Å²) >= 11 is 0. The molecular formula is C16H32N2O3S. The third kappa shape index (κ3) is 8.73. The third-order valence-electron chi connectivity index (χ3n) is 3.81. The Morgan fingerprint density at radius 1 is 1.23 bits per heavy atom. The van der Waals surface area contributed by atoms with Gasteiger partial charge in [0.25, 0.3) is 0 Å². The van der Waals surface area contributed by atoms with Gasteiger partial charge < -0.3 is 15.4 Å². The minimum Gasteiger partial charge on any atom is -0.444 e. The highest BCUT2D eigenvalue weighted by Crippen LogP contribution is 2.20. The topological polar surface area (TPSA) is 67.4 Å². The van der Waals surface area contributed by atoms with Crippen molar-refractivity contribution in [2.75, 3.05) is 12.0 Å². The monoisotopic (exact) mass is 332 g/mol. The fourth-order valence-corrected chi connectivity index (χ4v) is 3.39. The SMILES string of the molecule is CC(CCS(C)=O)NC1CCC(NC(=O)OC(C)(C)C)CC1. The predicted octanol–water partition coefficient (Wildman–Crippen LogP) is 2.57. The van der Waals surface area contributed by atoms with Crippen LogP contribution < -0.4 is 10.6 Å². The first kappa shape index (κ1) is 19.4. The zero-order valence-electron chi connectivity index (χ0n) is 14.6. The van der Waals surface area contributed by atoms with Crippen molar-refractivity contribution < 1.29 is 13.7 Å². The summed E-state index contributed by atoms with van der Waals surface area (Å²) in [7, 11) is -0.715. The summed E-state index contributed by atoms with van der Waals surface area (Å²) < 4.78 is 16.4. The van der Waals surface area contributed by atoms with Crippen LogP contribution in [0.1, 0.15) is 59.8 Å². The molecular weight excluding hydrogens is 300 g/mol. The fourth-order valence-electron chi connectivity index (χ4n) is 2.71. The van der Waals surface area contributed by atoms with Crippen LogP contribution in [-0.2, 0) is 15.5 Å². The summed E-state index contributed by atoms with van der Waals surface area (Å²) in [6.07, 6.45) is 6.44. The minimum atomic E-state index is -0.715. The lowest BCUT2D eigenvalue weighted by molar-refractivity contribution is 0.0489. The largest absolute Gasteiger partial charge is 0.444 e. The van der Waals surface area contributed by atoms with Gasteiger partial charge in [-0.25, -0.2) is 4.79 Å². The van der Waals surface area contributed by atoms with E-state index in [0.29, 0.717) is 12.1 Å². The van der Waals surface area contributed by atoms with Gasteiger partial charge in [-0.15, -0.1) is 0 Å². The van der Waals surface area contributed by atoms with E-state index in [0.717, 1.165) is 37.9 Å². The standard InChI is InChI=1S/C16H32N2O3S/c1-12(10-11-22(5)20)17-13-6-8-14(9-7-13)18-15(19)21-16(2,3)4/h12-14,17H,6-11H2,1-5H3,(H,18,19). The van der Waals surface area contributed by atoms with Gasteiger partial charge in [-0.3, -0.25) is 4.21 Å². The van der Waals surface area contributed by atoms with Crippen molar-refractivity contribution in [1.29, 1.82) is 0 Å². The molecule has 0 spiro atoms. The summed E-state index contributed by atoms with van der Waals surface area (Å²) in [5.41, 5.74) is -0.447. The van der Waals surface area contributed by atoms with Crippen LogP contribution in [-0.4, -0.2) is 46.0 Å². The predicted molar refractivity (Wildman–Crippen MR) is 91.6 cm³/mol. The highest BCUT2D eigenvalue weighted by atomic mass is 32.2. The zero-order chi connectivity index (χ0) is 16.8. The molecule has 1 amide bonds. The highest BCUT2D eigenvalue weighted by molar-refractivity contribution is 7.84. The van der Waals surface area contributed by atoms with Gasteiger partial charge in [0.2, 0.25) is 0 Å². The average molecular weight is 333 g/mol. The summed E-state index contributed by atoms with van der Waals surface area (Å²) in [4.78, 5) is 11.8. The second-order valence-electron chi connectivity index (χ2n) is 7.33. The number of amides is 1. The normalized spacial score (nSPS) is 25.3. The average Bonchev–Trinajstić information content (AvgIpc) is 2.36. The molecule has 2 atom stereocenters. The molecule has 0 aliphatic heterocycles. The van der Waals surface area contributed by atoms with E-state index in [9.17, 15) is 9.00 Å². The quantitative estimate of drug-likeness (QED) is 0.784. The maximum absolute atomic E-state index is 11.8. The van der Waals surface area contributed by atoms with Gasteiger partial charge in [0, 0.05) is 40.9 Å². The zero-order valence-corrected chi connectivity index (χ0v) is 15.4. The Kier molecular flexibility index (Phi) is 7.83. The van der Waals surface area contributed by atoms with Crippen molar-refractivity contribution in [2.45, 2.75) is 83.5 Å². The molecule has 0 aromatic rings. The van der Waals surface area contributed by atoms with Crippen LogP contribution >= 0.6 is 0 Å². The molecule has 1 aliphatic rings. The number of hydrogen-bond acceptors (Lipinski definition) is 4. The maximum Gasteiger partial charge on any atom is 0.407 e. The number of carbonyl (C=O) groups excluding carboxylic acids is 1. The molecule has 0 heterocycles. The molecule has 0 bridgehead atoms. The first-order valence-electron chi connectivity index (χ1n) is 8.21. The maximum atomic E-state index is 11.8. The number of carbonyl (C=O) groups is 1. The molecule has 0 aromatic carbocycles. The number of ether oxygens (including phenoxy) is 1. The third-order valence-corrected chi connectivity index (χ3v) is 4.62. The Morgan fingerprint density at radius 2 is 1.77 bits per heavy atom. The highest BCUT2D eigenvalue weighted by Gasteiger charge is 2.25. The van der Waals surface area contributed by atoms with Crippen molar-refractivity contribution in [3.63, 3.8) is 0 Å². The summed E-state index contributed by atoms with van der Waals surface area (Å²) in [5, 5.41) is 6.57. The molecule has 130 valence electrons. The van der Waals surface area contributed by atoms with Crippen LogP contribution in [0.5, 0.6) is 0 Å². The molecule has 22 heavy (non-hydrogen) atoms. The molecule has 0 aromatic heterocycles. The van der Waals surface area contributed by atoms with Gasteiger partial charge in [-0.2, -0.15) is 0 Å². The fraction of sp³-hybridized carbons (Fsp3) is 0.938. The Morgan fingerprint density at radius 3 is 2.27 bits per heavy atom. The van der Waals surface area contributed by atoms with Crippen LogP contribution in [0.25, 0.3) is 0 Å². The van der Waals surface area contributed by atoms with Crippen molar-refractivity contribution in [3.05, 3.63) is 0 Å². The number of hydrogen-bond donors (Lipinski definition) is 2. The molecule has 6 heteroatoms.